The first-order chi connectivity index (χ1) is 11.6. The van der Waals surface area contributed by atoms with E-state index in [1.54, 1.807) is 0 Å². The largest absolute Gasteiger partial charge is 0.489 e. The van der Waals surface area contributed by atoms with Crippen molar-refractivity contribution in [3.8, 4) is 5.75 Å². The summed E-state index contributed by atoms with van der Waals surface area (Å²) in [5.41, 5.74) is 6.50. The molecule has 0 aromatic heterocycles. The van der Waals surface area contributed by atoms with Crippen LogP contribution in [0.4, 0.5) is 4.39 Å². The van der Waals surface area contributed by atoms with Crippen LogP contribution in [0.5, 0.6) is 5.75 Å². The Kier molecular flexibility index (Phi) is 5.39. The van der Waals surface area contributed by atoms with Crippen molar-refractivity contribution in [2.24, 2.45) is 5.73 Å². The van der Waals surface area contributed by atoms with Crippen molar-refractivity contribution in [1.82, 2.24) is 4.90 Å². The van der Waals surface area contributed by atoms with Crippen LogP contribution in [0.2, 0.25) is 0 Å². The number of rotatable bonds is 5. The van der Waals surface area contributed by atoms with Gasteiger partial charge in [-0.25, -0.2) is 4.39 Å². The van der Waals surface area contributed by atoms with Gasteiger partial charge in [0.05, 0.1) is 0 Å². The maximum atomic E-state index is 14.1. The minimum Gasteiger partial charge on any atom is -0.489 e. The summed E-state index contributed by atoms with van der Waals surface area (Å²) >= 11 is 0. The van der Waals surface area contributed by atoms with Crippen molar-refractivity contribution in [3.05, 3.63) is 29.1 Å². The third-order valence-corrected chi connectivity index (χ3v) is 5.33. The van der Waals surface area contributed by atoms with Gasteiger partial charge in [0.25, 0.3) is 0 Å². The summed E-state index contributed by atoms with van der Waals surface area (Å²) in [4.78, 5) is 14.2. The lowest BCUT2D eigenvalue weighted by molar-refractivity contribution is 0.0602. The predicted molar refractivity (Wildman–Crippen MR) is 91.8 cm³/mol. The number of nitrogens with two attached hydrogens (primary N) is 1. The number of carbonyl (C=O) groups is 1. The molecule has 132 valence electrons. The number of primary amides is 1. The Morgan fingerprint density at radius 3 is 2.71 bits per heavy atom. The van der Waals surface area contributed by atoms with Crippen molar-refractivity contribution in [2.75, 3.05) is 13.2 Å². The van der Waals surface area contributed by atoms with Crippen LogP contribution >= 0.6 is 0 Å². The topological polar surface area (TPSA) is 55.6 Å². The SMILES string of the molecule is CCCN(C1CCCCC1)C1COc2c(F)ccc(C(N)=O)c2C1. The third kappa shape index (κ3) is 3.41. The van der Waals surface area contributed by atoms with Crippen molar-refractivity contribution in [2.45, 2.75) is 64.0 Å². The monoisotopic (exact) mass is 334 g/mol. The van der Waals surface area contributed by atoms with Gasteiger partial charge in [0, 0.05) is 23.2 Å². The Balaban J connectivity index is 1.86. The Bertz CT molecular complexity index is 599. The van der Waals surface area contributed by atoms with Crippen LogP contribution in [-0.2, 0) is 6.42 Å². The molecule has 4 nitrogen and oxygen atoms in total. The highest BCUT2D eigenvalue weighted by Crippen LogP contribution is 2.34. The molecule has 1 saturated carbocycles. The summed E-state index contributed by atoms with van der Waals surface area (Å²) in [6, 6.07) is 3.50. The van der Waals surface area contributed by atoms with Crippen LogP contribution in [0.15, 0.2) is 12.1 Å². The van der Waals surface area contributed by atoms with E-state index >= 15 is 0 Å². The van der Waals surface area contributed by atoms with Crippen molar-refractivity contribution >= 4 is 5.91 Å². The molecule has 0 saturated heterocycles. The highest BCUT2D eigenvalue weighted by molar-refractivity contribution is 5.95. The molecule has 1 aliphatic carbocycles. The summed E-state index contributed by atoms with van der Waals surface area (Å²) in [6.45, 7) is 3.67. The first kappa shape index (κ1) is 17.2. The van der Waals surface area contributed by atoms with Gasteiger partial charge in [0.15, 0.2) is 11.6 Å². The van der Waals surface area contributed by atoms with E-state index in [2.05, 4.69) is 11.8 Å². The van der Waals surface area contributed by atoms with Gasteiger partial charge in [-0.05, 0) is 44.4 Å². The molecule has 1 aliphatic heterocycles. The molecule has 3 rings (SSSR count). The molecule has 1 heterocycles. The number of ether oxygens (including phenoxy) is 1. The molecule has 2 N–H and O–H groups in total. The summed E-state index contributed by atoms with van der Waals surface area (Å²) in [5, 5.41) is 0. The fraction of sp³-hybridized carbons (Fsp3) is 0.632. The number of halogens is 1. The van der Waals surface area contributed by atoms with E-state index in [4.69, 9.17) is 10.5 Å². The third-order valence-electron chi connectivity index (χ3n) is 5.33. The highest BCUT2D eigenvalue weighted by Gasteiger charge is 2.33. The number of nitrogens with zero attached hydrogens (tertiary/aromatic N) is 1. The molecule has 0 spiro atoms. The summed E-state index contributed by atoms with van der Waals surface area (Å²) in [7, 11) is 0. The number of benzene rings is 1. The summed E-state index contributed by atoms with van der Waals surface area (Å²) in [6.07, 6.45) is 8.00. The van der Waals surface area contributed by atoms with E-state index in [1.807, 2.05) is 0 Å². The zero-order valence-electron chi connectivity index (χ0n) is 14.4. The molecular weight excluding hydrogens is 307 g/mol. The molecule has 0 radical (unpaired) electrons. The minimum atomic E-state index is -0.518. The molecule has 1 aromatic rings. The molecule has 1 aromatic carbocycles. The van der Waals surface area contributed by atoms with Crippen molar-refractivity contribution in [3.63, 3.8) is 0 Å². The van der Waals surface area contributed by atoms with Crippen LogP contribution in [0.3, 0.4) is 0 Å². The smallest absolute Gasteiger partial charge is 0.249 e. The molecule has 1 unspecified atom stereocenters. The summed E-state index contributed by atoms with van der Waals surface area (Å²) < 4.78 is 19.8. The Hall–Kier alpha value is -1.62. The van der Waals surface area contributed by atoms with Gasteiger partial charge < -0.3 is 10.5 Å². The van der Waals surface area contributed by atoms with Gasteiger partial charge in [0.2, 0.25) is 5.91 Å². The Labute approximate surface area is 143 Å². The zero-order valence-corrected chi connectivity index (χ0v) is 14.4. The normalized spacial score (nSPS) is 21.4. The zero-order chi connectivity index (χ0) is 17.1. The van der Waals surface area contributed by atoms with E-state index in [0.29, 0.717) is 30.2 Å². The van der Waals surface area contributed by atoms with E-state index in [1.165, 1.54) is 44.2 Å². The second kappa shape index (κ2) is 7.51. The number of carbonyl (C=O) groups excluding carboxylic acids is 1. The van der Waals surface area contributed by atoms with Gasteiger partial charge in [0.1, 0.15) is 6.61 Å². The number of fused-ring (bicyclic) bond motifs is 1. The van der Waals surface area contributed by atoms with Gasteiger partial charge in [-0.1, -0.05) is 26.2 Å². The maximum absolute atomic E-state index is 14.1. The van der Waals surface area contributed by atoms with E-state index in [0.717, 1.165) is 13.0 Å². The van der Waals surface area contributed by atoms with E-state index in [9.17, 15) is 9.18 Å². The van der Waals surface area contributed by atoms with Gasteiger partial charge in [-0.2, -0.15) is 0 Å². The minimum absolute atomic E-state index is 0.181. The summed E-state index contributed by atoms with van der Waals surface area (Å²) in [5.74, 6) is -0.717. The number of hydrogen-bond acceptors (Lipinski definition) is 3. The van der Waals surface area contributed by atoms with E-state index in [-0.39, 0.29) is 11.8 Å². The molecule has 1 fully saturated rings. The highest BCUT2D eigenvalue weighted by atomic mass is 19.1. The van der Waals surface area contributed by atoms with Gasteiger partial charge >= 0.3 is 0 Å². The standard InChI is InChI=1S/C19H27FN2O2/c1-2-10-22(13-6-4-3-5-7-13)14-11-16-15(19(21)23)8-9-17(20)18(16)24-12-14/h8-9,13-14H,2-7,10-12H2,1H3,(H2,21,23). The predicted octanol–water partition coefficient (Wildman–Crippen LogP) is 3.27. The number of amides is 1. The van der Waals surface area contributed by atoms with E-state index < -0.39 is 11.7 Å². The molecule has 0 bridgehead atoms. The molecule has 2 aliphatic rings. The van der Waals surface area contributed by atoms with Gasteiger partial charge in [-0.15, -0.1) is 0 Å². The van der Waals surface area contributed by atoms with Crippen LogP contribution in [0.1, 0.15) is 61.4 Å². The fourth-order valence-corrected chi connectivity index (χ4v) is 4.21. The van der Waals surface area contributed by atoms with Gasteiger partial charge in [-0.3, -0.25) is 9.69 Å². The maximum Gasteiger partial charge on any atom is 0.249 e. The second-order valence-corrected chi connectivity index (χ2v) is 6.97. The first-order valence-corrected chi connectivity index (χ1v) is 9.11. The molecule has 1 amide bonds. The molecule has 5 heteroatoms. The van der Waals surface area contributed by atoms with Crippen LogP contribution < -0.4 is 10.5 Å². The fourth-order valence-electron chi connectivity index (χ4n) is 4.21. The van der Waals surface area contributed by atoms with Crippen LogP contribution in [-0.4, -0.2) is 36.0 Å². The first-order valence-electron chi connectivity index (χ1n) is 9.11. The Morgan fingerprint density at radius 2 is 2.04 bits per heavy atom. The second-order valence-electron chi connectivity index (χ2n) is 6.97. The number of hydrogen-bond donors (Lipinski definition) is 1. The average Bonchev–Trinajstić information content (AvgIpc) is 2.60. The average molecular weight is 334 g/mol. The Morgan fingerprint density at radius 1 is 1.29 bits per heavy atom. The molecule has 24 heavy (non-hydrogen) atoms. The lowest BCUT2D eigenvalue weighted by atomic mass is 9.90. The van der Waals surface area contributed by atoms with Crippen molar-refractivity contribution in [1.29, 1.82) is 0 Å². The van der Waals surface area contributed by atoms with Crippen LogP contribution in [0.25, 0.3) is 0 Å². The lowest BCUT2D eigenvalue weighted by Gasteiger charge is -2.42. The lowest BCUT2D eigenvalue weighted by Crippen LogP contribution is -2.50. The molecule has 1 atom stereocenters. The van der Waals surface area contributed by atoms with Crippen molar-refractivity contribution < 1.29 is 13.9 Å². The quantitative estimate of drug-likeness (QED) is 0.899. The van der Waals surface area contributed by atoms with Crippen LogP contribution in [0, 0.1) is 5.82 Å². The molecular formula is C19H27FN2O2.